The molecule has 182 valence electrons. The Morgan fingerprint density at radius 3 is 2.32 bits per heavy atom. The molecule has 1 fully saturated rings. The van der Waals surface area contributed by atoms with Gasteiger partial charge >= 0.3 is 5.97 Å². The minimum Gasteiger partial charge on any atom is -0.423 e. The summed E-state index contributed by atoms with van der Waals surface area (Å²) in [4.78, 5) is 12.3. The predicted molar refractivity (Wildman–Crippen MR) is 125 cm³/mol. The number of esters is 1. The van der Waals surface area contributed by atoms with E-state index in [4.69, 9.17) is 10.00 Å². The highest BCUT2D eigenvalue weighted by molar-refractivity contribution is 5.91. The first-order valence-corrected chi connectivity index (χ1v) is 12.2. The first-order chi connectivity index (χ1) is 16.3. The van der Waals surface area contributed by atoms with Crippen LogP contribution < -0.4 is 4.74 Å². The Labute approximate surface area is 199 Å². The molecule has 0 bridgehead atoms. The van der Waals surface area contributed by atoms with Crippen molar-refractivity contribution in [2.45, 2.75) is 71.6 Å². The van der Waals surface area contributed by atoms with E-state index in [9.17, 15) is 18.0 Å². The molecule has 3 nitrogen and oxygen atoms in total. The molecule has 1 saturated carbocycles. The maximum absolute atomic E-state index is 14.7. The summed E-state index contributed by atoms with van der Waals surface area (Å²) < 4.78 is 47.1. The second kappa shape index (κ2) is 12.1. The molecule has 0 spiro atoms. The first-order valence-electron chi connectivity index (χ1n) is 12.2. The topological polar surface area (TPSA) is 50.1 Å². The number of hydrogen-bond donors (Lipinski definition) is 0. The van der Waals surface area contributed by atoms with Gasteiger partial charge in [-0.15, -0.1) is 0 Å². The molecular formula is C28H32F3NO2. The van der Waals surface area contributed by atoms with Crippen molar-refractivity contribution in [3.05, 3.63) is 64.5 Å². The van der Waals surface area contributed by atoms with E-state index in [0.29, 0.717) is 11.8 Å². The van der Waals surface area contributed by atoms with Gasteiger partial charge in [0.15, 0.2) is 0 Å². The summed E-state index contributed by atoms with van der Waals surface area (Å²) in [5, 5.41) is 8.72. The van der Waals surface area contributed by atoms with Gasteiger partial charge in [0, 0.05) is 12.1 Å². The summed E-state index contributed by atoms with van der Waals surface area (Å²) in [5.41, 5.74) is -0.273. The monoisotopic (exact) mass is 471 g/mol. The summed E-state index contributed by atoms with van der Waals surface area (Å²) in [5.74, 6) is -2.63. The highest BCUT2D eigenvalue weighted by atomic mass is 19.1. The minimum atomic E-state index is -1.15. The SMILES string of the molecule is CCCCCC1CCC(C(C)Cc2ccc(C(=O)Oc3cc(F)c(C#N)c(F)c3)c(F)c2)CC1. The third kappa shape index (κ3) is 6.62. The van der Waals surface area contributed by atoms with Crippen molar-refractivity contribution in [3.63, 3.8) is 0 Å². The van der Waals surface area contributed by atoms with Crippen LogP contribution in [0.4, 0.5) is 13.2 Å². The molecule has 0 radical (unpaired) electrons. The van der Waals surface area contributed by atoms with Crippen LogP contribution in [0.3, 0.4) is 0 Å². The average molecular weight is 472 g/mol. The van der Waals surface area contributed by atoms with Crippen molar-refractivity contribution in [2.75, 3.05) is 0 Å². The highest BCUT2D eigenvalue weighted by Gasteiger charge is 2.25. The van der Waals surface area contributed by atoms with Crippen molar-refractivity contribution in [1.29, 1.82) is 5.26 Å². The summed E-state index contributed by atoms with van der Waals surface area (Å²) in [6.45, 7) is 4.44. The molecule has 1 atom stereocenters. The van der Waals surface area contributed by atoms with Gasteiger partial charge in [-0.2, -0.15) is 5.26 Å². The fourth-order valence-corrected chi connectivity index (χ4v) is 5.00. The van der Waals surface area contributed by atoms with Gasteiger partial charge in [0.25, 0.3) is 0 Å². The second-order valence-corrected chi connectivity index (χ2v) is 9.54. The average Bonchev–Trinajstić information content (AvgIpc) is 2.79. The van der Waals surface area contributed by atoms with Crippen molar-refractivity contribution in [3.8, 4) is 11.8 Å². The number of carbonyl (C=O) groups is 1. The zero-order valence-electron chi connectivity index (χ0n) is 19.9. The summed E-state index contributed by atoms with van der Waals surface area (Å²) >= 11 is 0. The van der Waals surface area contributed by atoms with Crippen LogP contribution in [0, 0.1) is 46.5 Å². The van der Waals surface area contributed by atoms with Crippen LogP contribution in [0.2, 0.25) is 0 Å². The van der Waals surface area contributed by atoms with Crippen molar-refractivity contribution >= 4 is 5.97 Å². The Bertz CT molecular complexity index is 1020. The van der Waals surface area contributed by atoms with Crippen LogP contribution in [-0.4, -0.2) is 5.97 Å². The van der Waals surface area contributed by atoms with E-state index >= 15 is 0 Å². The summed E-state index contributed by atoms with van der Waals surface area (Å²) in [6, 6.07) is 7.23. The highest BCUT2D eigenvalue weighted by Crippen LogP contribution is 2.37. The number of hydrogen-bond acceptors (Lipinski definition) is 3. The Morgan fingerprint density at radius 2 is 1.74 bits per heavy atom. The second-order valence-electron chi connectivity index (χ2n) is 9.54. The van der Waals surface area contributed by atoms with Gasteiger partial charge in [0.1, 0.15) is 34.8 Å². The van der Waals surface area contributed by atoms with Crippen molar-refractivity contribution in [2.24, 2.45) is 17.8 Å². The number of nitrogens with zero attached hydrogens (tertiary/aromatic N) is 1. The fraction of sp³-hybridized carbons (Fsp3) is 0.500. The van der Waals surface area contributed by atoms with Gasteiger partial charge in [-0.05, 0) is 54.7 Å². The molecule has 6 heteroatoms. The molecule has 3 rings (SSSR count). The molecular weight excluding hydrogens is 439 g/mol. The van der Waals surface area contributed by atoms with E-state index in [0.717, 1.165) is 30.0 Å². The van der Waals surface area contributed by atoms with Crippen LogP contribution in [0.5, 0.6) is 5.75 Å². The molecule has 1 aliphatic carbocycles. The lowest BCUT2D eigenvalue weighted by molar-refractivity contribution is 0.0729. The molecule has 1 unspecified atom stereocenters. The van der Waals surface area contributed by atoms with Crippen LogP contribution in [0.15, 0.2) is 30.3 Å². The normalized spacial score (nSPS) is 18.8. The third-order valence-electron chi connectivity index (χ3n) is 7.06. The summed E-state index contributed by atoms with van der Waals surface area (Å²) in [7, 11) is 0. The molecule has 1 aliphatic rings. The molecule has 0 aromatic heterocycles. The van der Waals surface area contributed by atoms with Gasteiger partial charge in [-0.1, -0.05) is 58.4 Å². The standard InChI is InChI=1S/C28H32F3NO2/c1-3-4-5-6-19-7-10-21(11-8-19)18(2)13-20-9-12-23(25(29)14-20)28(33)34-22-15-26(30)24(17-32)27(31)16-22/h9,12,14-16,18-19,21H,3-8,10-11,13H2,1-2H3. The van der Waals surface area contributed by atoms with Crippen LogP contribution in [0.1, 0.15) is 86.7 Å². The van der Waals surface area contributed by atoms with Crippen molar-refractivity contribution < 1.29 is 22.7 Å². The largest absolute Gasteiger partial charge is 0.423 e. The van der Waals surface area contributed by atoms with Gasteiger partial charge in [0.2, 0.25) is 0 Å². The van der Waals surface area contributed by atoms with E-state index in [2.05, 4.69) is 13.8 Å². The van der Waals surface area contributed by atoms with Gasteiger partial charge in [0.05, 0.1) is 5.56 Å². The number of benzene rings is 2. The molecule has 0 saturated heterocycles. The molecule has 2 aromatic rings. The van der Waals surface area contributed by atoms with E-state index in [-0.39, 0.29) is 5.56 Å². The molecule has 0 heterocycles. The number of rotatable bonds is 9. The minimum absolute atomic E-state index is 0.311. The van der Waals surface area contributed by atoms with Crippen LogP contribution in [-0.2, 0) is 6.42 Å². The smallest absolute Gasteiger partial charge is 0.346 e. The number of unbranched alkanes of at least 4 members (excludes halogenated alkanes) is 2. The molecule has 0 N–H and O–H groups in total. The predicted octanol–water partition coefficient (Wildman–Crippen LogP) is 7.76. The summed E-state index contributed by atoms with van der Waals surface area (Å²) in [6.07, 6.45) is 10.9. The van der Waals surface area contributed by atoms with Crippen LogP contribution in [0.25, 0.3) is 0 Å². The molecule has 0 amide bonds. The molecule has 2 aromatic carbocycles. The van der Waals surface area contributed by atoms with Crippen LogP contribution >= 0.6 is 0 Å². The molecule has 0 aliphatic heterocycles. The van der Waals surface area contributed by atoms with E-state index < -0.39 is 34.7 Å². The number of halogens is 3. The Morgan fingerprint density at radius 1 is 1.06 bits per heavy atom. The van der Waals surface area contributed by atoms with Crippen molar-refractivity contribution in [1.82, 2.24) is 0 Å². The van der Waals surface area contributed by atoms with Gasteiger partial charge in [-0.25, -0.2) is 18.0 Å². The lowest BCUT2D eigenvalue weighted by Gasteiger charge is -2.32. The quantitative estimate of drug-likeness (QED) is 0.213. The lowest BCUT2D eigenvalue weighted by Crippen LogP contribution is -2.21. The zero-order valence-corrected chi connectivity index (χ0v) is 19.9. The van der Waals surface area contributed by atoms with Gasteiger partial charge < -0.3 is 4.74 Å². The lowest BCUT2D eigenvalue weighted by atomic mass is 9.73. The number of carbonyl (C=O) groups excluding carboxylic acids is 1. The number of ether oxygens (including phenoxy) is 1. The maximum Gasteiger partial charge on any atom is 0.346 e. The Balaban J connectivity index is 1.57. The fourth-order valence-electron chi connectivity index (χ4n) is 5.00. The van der Waals surface area contributed by atoms with E-state index in [1.807, 2.05) is 0 Å². The Hall–Kier alpha value is -2.81. The maximum atomic E-state index is 14.7. The van der Waals surface area contributed by atoms with Gasteiger partial charge in [-0.3, -0.25) is 0 Å². The zero-order chi connectivity index (χ0) is 24.7. The molecule has 34 heavy (non-hydrogen) atoms. The first kappa shape index (κ1) is 25.8. The number of nitriles is 1. The van der Waals surface area contributed by atoms with E-state index in [1.54, 1.807) is 6.07 Å². The Kier molecular flexibility index (Phi) is 9.15. The van der Waals surface area contributed by atoms with E-state index in [1.165, 1.54) is 69.6 Å². The third-order valence-corrected chi connectivity index (χ3v) is 7.06.